The minimum absolute atomic E-state index is 0.791. The van der Waals surface area contributed by atoms with Gasteiger partial charge in [0.15, 0.2) is 5.65 Å². The smallest absolute Gasteiger partial charge is 0.179 e. The Hall–Kier alpha value is -0.970. The van der Waals surface area contributed by atoms with Gasteiger partial charge in [0.05, 0.1) is 4.47 Å². The van der Waals surface area contributed by atoms with Crippen LogP contribution in [0.1, 0.15) is 0 Å². The first-order valence-corrected chi connectivity index (χ1v) is 3.88. The molecule has 0 unspecified atom stereocenters. The fraction of sp³-hybridized carbons (Fsp3) is 0.167. The van der Waals surface area contributed by atoms with Crippen LogP contribution >= 0.6 is 15.9 Å². The van der Waals surface area contributed by atoms with Crippen LogP contribution in [-0.4, -0.2) is 20.0 Å². The van der Waals surface area contributed by atoms with Crippen LogP contribution in [0, 0.1) is 0 Å². The van der Waals surface area contributed by atoms with Crippen molar-refractivity contribution in [3.8, 4) is 0 Å². The lowest BCUT2D eigenvalue weighted by atomic mass is 10.4. The van der Waals surface area contributed by atoms with Crippen molar-refractivity contribution in [1.82, 2.24) is 20.0 Å². The molecule has 0 spiro atoms. The molecule has 0 aromatic carbocycles. The van der Waals surface area contributed by atoms with Gasteiger partial charge in [0.25, 0.3) is 0 Å². The number of halogens is 1. The lowest BCUT2D eigenvalue weighted by Gasteiger charge is -1.90. The second kappa shape index (κ2) is 2.27. The van der Waals surface area contributed by atoms with E-state index >= 15 is 0 Å². The van der Waals surface area contributed by atoms with Crippen molar-refractivity contribution >= 4 is 27.1 Å². The van der Waals surface area contributed by atoms with E-state index in [1.807, 2.05) is 13.1 Å². The molecule has 0 aliphatic carbocycles. The first-order valence-electron chi connectivity index (χ1n) is 3.09. The summed E-state index contributed by atoms with van der Waals surface area (Å²) in [5, 5.41) is 7.75. The topological polar surface area (TPSA) is 43.6 Å². The Kier molecular flexibility index (Phi) is 1.38. The van der Waals surface area contributed by atoms with Crippen molar-refractivity contribution in [2.75, 3.05) is 0 Å². The Bertz CT molecular complexity index is 394. The Balaban J connectivity index is 2.94. The molecule has 5 heteroatoms. The summed E-state index contributed by atoms with van der Waals surface area (Å²) < 4.78 is 2.57. The van der Waals surface area contributed by atoms with E-state index in [4.69, 9.17) is 0 Å². The molecule has 2 rings (SSSR count). The molecule has 4 nitrogen and oxygen atoms in total. The van der Waals surface area contributed by atoms with Gasteiger partial charge >= 0.3 is 0 Å². The van der Waals surface area contributed by atoms with Crippen molar-refractivity contribution in [2.24, 2.45) is 7.05 Å². The van der Waals surface area contributed by atoms with Crippen LogP contribution in [0.3, 0.4) is 0 Å². The van der Waals surface area contributed by atoms with Crippen molar-refractivity contribution < 1.29 is 0 Å². The van der Waals surface area contributed by atoms with Crippen LogP contribution in [0.5, 0.6) is 0 Å². The number of pyridine rings is 1. The summed E-state index contributed by atoms with van der Waals surface area (Å²) in [7, 11) is 1.81. The minimum atomic E-state index is 0.791. The molecule has 11 heavy (non-hydrogen) atoms. The largest absolute Gasteiger partial charge is 0.235 e. The fourth-order valence-electron chi connectivity index (χ4n) is 0.904. The molecule has 0 saturated heterocycles. The summed E-state index contributed by atoms with van der Waals surface area (Å²) in [5.74, 6) is 0. The molecule has 2 aromatic heterocycles. The third-order valence-electron chi connectivity index (χ3n) is 1.44. The summed E-state index contributed by atoms with van der Waals surface area (Å²) >= 11 is 3.35. The first kappa shape index (κ1) is 6.72. The third-order valence-corrected chi connectivity index (χ3v) is 2.08. The van der Waals surface area contributed by atoms with Crippen LogP contribution in [0.25, 0.3) is 11.2 Å². The molecule has 0 N–H and O–H groups in total. The average molecular weight is 213 g/mol. The fourth-order valence-corrected chi connectivity index (χ4v) is 1.28. The van der Waals surface area contributed by atoms with E-state index < -0.39 is 0 Å². The highest BCUT2D eigenvalue weighted by Crippen LogP contribution is 2.17. The average Bonchev–Trinajstić information content (AvgIpc) is 2.35. The van der Waals surface area contributed by atoms with Crippen molar-refractivity contribution in [1.29, 1.82) is 0 Å². The van der Waals surface area contributed by atoms with Crippen molar-refractivity contribution in [3.05, 3.63) is 16.7 Å². The van der Waals surface area contributed by atoms with Crippen LogP contribution in [0.15, 0.2) is 16.7 Å². The van der Waals surface area contributed by atoms with Crippen LogP contribution < -0.4 is 0 Å². The molecule has 0 bridgehead atoms. The molecule has 0 amide bonds. The van der Waals surface area contributed by atoms with Gasteiger partial charge in [-0.25, -0.2) is 9.67 Å². The Morgan fingerprint density at radius 1 is 1.55 bits per heavy atom. The molecule has 0 aliphatic heterocycles. The molecule has 0 fully saturated rings. The maximum Gasteiger partial charge on any atom is 0.179 e. The number of rotatable bonds is 0. The number of hydrogen-bond donors (Lipinski definition) is 0. The summed E-state index contributed by atoms with van der Waals surface area (Å²) in [6, 6.07) is 1.84. The molecular weight excluding hydrogens is 208 g/mol. The highest BCUT2D eigenvalue weighted by atomic mass is 79.9. The quantitative estimate of drug-likeness (QED) is 0.658. The van der Waals surface area contributed by atoms with E-state index in [0.29, 0.717) is 0 Å². The summed E-state index contributed by atoms with van der Waals surface area (Å²) in [5.41, 5.74) is 1.59. The lowest BCUT2D eigenvalue weighted by molar-refractivity contribution is 0.730. The molecule has 0 atom stereocenters. The van der Waals surface area contributed by atoms with Gasteiger partial charge in [-0.05, 0) is 22.0 Å². The zero-order valence-electron chi connectivity index (χ0n) is 5.82. The number of aryl methyl sites for hydroxylation is 1. The maximum atomic E-state index is 4.11. The van der Waals surface area contributed by atoms with Crippen molar-refractivity contribution in [2.45, 2.75) is 0 Å². The molecule has 2 aromatic rings. The SMILES string of the molecule is Cn1nnc2c(Br)ccnc21. The van der Waals surface area contributed by atoms with E-state index in [9.17, 15) is 0 Å². The van der Waals surface area contributed by atoms with Crippen molar-refractivity contribution in [3.63, 3.8) is 0 Å². The normalized spacial score (nSPS) is 10.7. The zero-order chi connectivity index (χ0) is 7.84. The van der Waals surface area contributed by atoms with Gasteiger partial charge in [0.2, 0.25) is 0 Å². The van der Waals surface area contributed by atoms with Crippen LogP contribution in [-0.2, 0) is 7.05 Å². The number of nitrogens with zero attached hydrogens (tertiary/aromatic N) is 4. The van der Waals surface area contributed by atoms with E-state index in [1.165, 1.54) is 0 Å². The molecular formula is C6H5BrN4. The van der Waals surface area contributed by atoms with Gasteiger partial charge in [-0.15, -0.1) is 5.10 Å². The molecule has 0 radical (unpaired) electrons. The minimum Gasteiger partial charge on any atom is -0.235 e. The first-order chi connectivity index (χ1) is 5.29. The molecule has 56 valence electrons. The summed E-state index contributed by atoms with van der Waals surface area (Å²) in [4.78, 5) is 4.11. The Morgan fingerprint density at radius 2 is 2.36 bits per heavy atom. The monoisotopic (exact) mass is 212 g/mol. The second-order valence-corrected chi connectivity index (χ2v) is 3.03. The highest BCUT2D eigenvalue weighted by Gasteiger charge is 2.04. The van der Waals surface area contributed by atoms with Crippen LogP contribution in [0.4, 0.5) is 0 Å². The van der Waals surface area contributed by atoms with E-state index in [-0.39, 0.29) is 0 Å². The zero-order valence-corrected chi connectivity index (χ0v) is 7.41. The van der Waals surface area contributed by atoms with Gasteiger partial charge < -0.3 is 0 Å². The summed E-state index contributed by atoms with van der Waals surface area (Å²) in [6.07, 6.45) is 1.72. The second-order valence-electron chi connectivity index (χ2n) is 2.18. The van der Waals surface area contributed by atoms with E-state index in [1.54, 1.807) is 10.9 Å². The van der Waals surface area contributed by atoms with Gasteiger partial charge in [-0.3, -0.25) is 0 Å². The maximum absolute atomic E-state index is 4.11. The lowest BCUT2D eigenvalue weighted by Crippen LogP contribution is -1.90. The van der Waals surface area contributed by atoms with Gasteiger partial charge in [0, 0.05) is 13.2 Å². The van der Waals surface area contributed by atoms with E-state index in [0.717, 1.165) is 15.6 Å². The standard InChI is InChI=1S/C6H5BrN4/c1-11-6-5(9-10-11)4(7)2-3-8-6/h2-3H,1H3. The van der Waals surface area contributed by atoms with E-state index in [2.05, 4.69) is 31.2 Å². The number of hydrogen-bond acceptors (Lipinski definition) is 3. The number of fused-ring (bicyclic) bond motifs is 1. The predicted molar refractivity (Wildman–Crippen MR) is 44.0 cm³/mol. The van der Waals surface area contributed by atoms with Gasteiger partial charge in [0.1, 0.15) is 5.52 Å². The van der Waals surface area contributed by atoms with Gasteiger partial charge in [-0.2, -0.15) is 0 Å². The molecule has 0 saturated carbocycles. The predicted octanol–water partition coefficient (Wildman–Crippen LogP) is 1.13. The molecule has 2 heterocycles. The highest BCUT2D eigenvalue weighted by molar-refractivity contribution is 9.10. The van der Waals surface area contributed by atoms with Crippen LogP contribution in [0.2, 0.25) is 0 Å². The third kappa shape index (κ3) is 0.920. The summed E-state index contributed by atoms with van der Waals surface area (Å²) in [6.45, 7) is 0. The Morgan fingerprint density at radius 3 is 3.09 bits per heavy atom. The van der Waals surface area contributed by atoms with Gasteiger partial charge in [-0.1, -0.05) is 5.21 Å². The molecule has 0 aliphatic rings. The Labute approximate surface area is 71.4 Å². The number of aromatic nitrogens is 4.